The Morgan fingerprint density at radius 3 is 2.46 bits per heavy atom. The average molecular weight is 174 g/mol. The Morgan fingerprint density at radius 1 is 1.23 bits per heavy atom. The third kappa shape index (κ3) is 1.47. The quantitative estimate of drug-likeness (QED) is 0.659. The van der Waals surface area contributed by atoms with Crippen molar-refractivity contribution >= 4 is 0 Å². The normalized spacial score (nSPS) is 19.5. The van der Waals surface area contributed by atoms with Crippen LogP contribution in [0.3, 0.4) is 0 Å². The molecule has 0 saturated heterocycles. The highest BCUT2D eigenvalue weighted by Gasteiger charge is 2.21. The summed E-state index contributed by atoms with van der Waals surface area (Å²) in [6, 6.07) is 6.41. The van der Waals surface area contributed by atoms with Crippen LogP contribution < -0.4 is 5.43 Å². The molecule has 66 valence electrons. The first-order valence-electron chi connectivity index (χ1n) is 4.20. The number of hydrogen-bond acceptors (Lipinski definition) is 2. The van der Waals surface area contributed by atoms with Crippen LogP contribution in [-0.4, -0.2) is 5.11 Å². The van der Waals surface area contributed by atoms with Gasteiger partial charge in [0, 0.05) is 5.92 Å². The average Bonchev–Trinajstić information content (AvgIpc) is 2.82. The van der Waals surface area contributed by atoms with E-state index in [2.05, 4.69) is 13.0 Å². The van der Waals surface area contributed by atoms with Crippen molar-refractivity contribution in [2.45, 2.75) is 12.8 Å². The Bertz CT molecular complexity index is 432. The largest absolute Gasteiger partial charge is 0.504 e. The van der Waals surface area contributed by atoms with E-state index in [4.69, 9.17) is 5.11 Å². The van der Waals surface area contributed by atoms with Crippen LogP contribution in [-0.2, 0) is 0 Å². The molecular formula is C11H10O2. The predicted molar refractivity (Wildman–Crippen MR) is 50.9 cm³/mol. The van der Waals surface area contributed by atoms with Gasteiger partial charge in [-0.25, -0.2) is 0 Å². The molecule has 1 aliphatic carbocycles. The summed E-state index contributed by atoms with van der Waals surface area (Å²) in [5, 5.41) is 9.14. The lowest BCUT2D eigenvalue weighted by Crippen LogP contribution is -1.91. The molecule has 1 aliphatic rings. The van der Waals surface area contributed by atoms with Gasteiger partial charge in [-0.05, 0) is 24.6 Å². The highest BCUT2D eigenvalue weighted by atomic mass is 16.3. The maximum Gasteiger partial charge on any atom is 0.220 e. The molecule has 0 bridgehead atoms. The Balaban J connectivity index is 2.42. The van der Waals surface area contributed by atoms with Gasteiger partial charge < -0.3 is 5.11 Å². The first-order valence-corrected chi connectivity index (χ1v) is 4.20. The van der Waals surface area contributed by atoms with E-state index in [1.54, 1.807) is 12.1 Å². The van der Waals surface area contributed by atoms with Crippen LogP contribution in [0.4, 0.5) is 0 Å². The monoisotopic (exact) mass is 174 g/mol. The van der Waals surface area contributed by atoms with E-state index >= 15 is 0 Å². The van der Waals surface area contributed by atoms with Crippen molar-refractivity contribution in [2.75, 3.05) is 0 Å². The molecular weight excluding hydrogens is 164 g/mol. The van der Waals surface area contributed by atoms with E-state index in [9.17, 15) is 4.79 Å². The standard InChI is InChI=1S/C11H10O2/c1-7-6-9(7)8-2-4-10(12)11(13)5-3-8/h2-6,9H,1H3,(H,12,13)/t9-/m0/s1. The van der Waals surface area contributed by atoms with Gasteiger partial charge >= 0.3 is 0 Å². The molecule has 0 spiro atoms. The molecule has 0 amide bonds. The summed E-state index contributed by atoms with van der Waals surface area (Å²) < 4.78 is 0. The van der Waals surface area contributed by atoms with Crippen molar-refractivity contribution in [3.8, 4) is 5.75 Å². The lowest BCUT2D eigenvalue weighted by atomic mass is 10.1. The highest BCUT2D eigenvalue weighted by molar-refractivity contribution is 5.44. The minimum absolute atomic E-state index is 0.190. The molecule has 1 N–H and O–H groups in total. The van der Waals surface area contributed by atoms with Crippen molar-refractivity contribution in [1.29, 1.82) is 0 Å². The van der Waals surface area contributed by atoms with Crippen LogP contribution in [0.2, 0.25) is 0 Å². The summed E-state index contributed by atoms with van der Waals surface area (Å²) in [5.41, 5.74) is 2.05. The Hall–Kier alpha value is -1.57. The maximum atomic E-state index is 11.0. The summed E-state index contributed by atoms with van der Waals surface area (Å²) in [4.78, 5) is 11.0. The van der Waals surface area contributed by atoms with E-state index in [1.165, 1.54) is 17.7 Å². The van der Waals surface area contributed by atoms with Crippen molar-refractivity contribution in [1.82, 2.24) is 0 Å². The second kappa shape index (κ2) is 2.73. The molecule has 2 nitrogen and oxygen atoms in total. The molecule has 0 unspecified atom stereocenters. The van der Waals surface area contributed by atoms with Gasteiger partial charge in [0.05, 0.1) is 0 Å². The molecule has 0 aromatic heterocycles. The summed E-state index contributed by atoms with van der Waals surface area (Å²) >= 11 is 0. The van der Waals surface area contributed by atoms with Crippen molar-refractivity contribution in [2.24, 2.45) is 0 Å². The molecule has 1 aromatic carbocycles. The number of hydrogen-bond donors (Lipinski definition) is 1. The van der Waals surface area contributed by atoms with Gasteiger partial charge in [-0.1, -0.05) is 23.8 Å². The second-order valence-electron chi connectivity index (χ2n) is 3.30. The molecule has 0 fully saturated rings. The summed E-state index contributed by atoms with van der Waals surface area (Å²) in [7, 11) is 0. The van der Waals surface area contributed by atoms with Crippen LogP contribution in [0.5, 0.6) is 5.75 Å². The van der Waals surface area contributed by atoms with Gasteiger partial charge in [0.25, 0.3) is 0 Å². The first kappa shape index (κ1) is 8.05. The van der Waals surface area contributed by atoms with E-state index in [-0.39, 0.29) is 11.2 Å². The molecule has 1 atom stereocenters. The summed E-state index contributed by atoms with van der Waals surface area (Å²) in [5.74, 6) is 0.191. The van der Waals surface area contributed by atoms with E-state index < -0.39 is 0 Å². The van der Waals surface area contributed by atoms with Gasteiger partial charge in [-0.15, -0.1) is 0 Å². The minimum atomic E-state index is -0.329. The molecule has 0 saturated carbocycles. The SMILES string of the molecule is CC1=C[C@@H]1c1ccc(O)c(=O)cc1. The second-order valence-corrected chi connectivity index (χ2v) is 3.30. The van der Waals surface area contributed by atoms with Gasteiger partial charge in [0.15, 0.2) is 5.75 Å². The fourth-order valence-electron chi connectivity index (χ4n) is 1.35. The summed E-state index contributed by atoms with van der Waals surface area (Å²) in [6.45, 7) is 2.05. The topological polar surface area (TPSA) is 37.3 Å². The molecule has 2 heteroatoms. The van der Waals surface area contributed by atoms with Crippen molar-refractivity contribution < 1.29 is 5.11 Å². The predicted octanol–water partition coefficient (Wildman–Crippen LogP) is 1.80. The highest BCUT2D eigenvalue weighted by Crippen LogP contribution is 2.37. The zero-order valence-corrected chi connectivity index (χ0v) is 7.32. The molecule has 1 aromatic rings. The van der Waals surface area contributed by atoms with Gasteiger partial charge in [-0.2, -0.15) is 0 Å². The van der Waals surface area contributed by atoms with Crippen LogP contribution in [0.25, 0.3) is 0 Å². The number of rotatable bonds is 1. The molecule has 0 radical (unpaired) electrons. The van der Waals surface area contributed by atoms with E-state index in [0.717, 1.165) is 5.56 Å². The van der Waals surface area contributed by atoms with Gasteiger partial charge in [-0.3, -0.25) is 4.79 Å². The molecule has 2 rings (SSSR count). The van der Waals surface area contributed by atoms with Gasteiger partial charge in [0.2, 0.25) is 5.43 Å². The lowest BCUT2D eigenvalue weighted by molar-refractivity contribution is 0.471. The molecule has 13 heavy (non-hydrogen) atoms. The summed E-state index contributed by atoms with van der Waals surface area (Å²) in [6.07, 6.45) is 2.12. The smallest absolute Gasteiger partial charge is 0.220 e. The van der Waals surface area contributed by atoms with Crippen LogP contribution in [0, 0.1) is 0 Å². The fourth-order valence-corrected chi connectivity index (χ4v) is 1.35. The van der Waals surface area contributed by atoms with E-state index in [1.807, 2.05) is 0 Å². The first-order chi connectivity index (χ1) is 6.18. The molecule has 0 heterocycles. The fraction of sp³-hybridized carbons (Fsp3) is 0.182. The zero-order chi connectivity index (χ0) is 9.42. The Labute approximate surface area is 76.2 Å². The van der Waals surface area contributed by atoms with Crippen LogP contribution >= 0.6 is 0 Å². The Kier molecular flexibility index (Phi) is 1.69. The maximum absolute atomic E-state index is 11.0. The van der Waals surface area contributed by atoms with Crippen molar-refractivity contribution in [3.05, 3.63) is 51.7 Å². The van der Waals surface area contributed by atoms with Crippen molar-refractivity contribution in [3.63, 3.8) is 0 Å². The third-order valence-electron chi connectivity index (χ3n) is 2.28. The Morgan fingerprint density at radius 2 is 1.85 bits per heavy atom. The lowest BCUT2D eigenvalue weighted by Gasteiger charge is -1.92. The number of aromatic hydroxyl groups is 1. The van der Waals surface area contributed by atoms with Crippen LogP contribution in [0.1, 0.15) is 18.4 Å². The third-order valence-corrected chi connectivity index (χ3v) is 2.28. The minimum Gasteiger partial charge on any atom is -0.504 e. The van der Waals surface area contributed by atoms with Gasteiger partial charge in [0.1, 0.15) is 0 Å². The van der Waals surface area contributed by atoms with Crippen LogP contribution in [0.15, 0.2) is 40.7 Å². The zero-order valence-electron chi connectivity index (χ0n) is 7.32. The molecule has 0 aliphatic heterocycles. The number of allylic oxidation sites excluding steroid dienone is 2. The van der Waals surface area contributed by atoms with E-state index in [0.29, 0.717) is 5.92 Å².